The van der Waals surface area contributed by atoms with Crippen molar-refractivity contribution in [2.24, 2.45) is 0 Å². The zero-order chi connectivity index (χ0) is 15.2. The van der Waals surface area contributed by atoms with Crippen LogP contribution in [0, 0.1) is 0 Å². The van der Waals surface area contributed by atoms with Gasteiger partial charge in [0.1, 0.15) is 0 Å². The lowest BCUT2D eigenvalue weighted by atomic mass is 10.1. The average Bonchev–Trinajstić information content (AvgIpc) is 2.48. The highest BCUT2D eigenvalue weighted by Crippen LogP contribution is 2.30. The Bertz CT molecular complexity index is 566. The second-order valence-corrected chi connectivity index (χ2v) is 5.21. The molecule has 3 nitrogen and oxygen atoms in total. The molecule has 21 heavy (non-hydrogen) atoms. The van der Waals surface area contributed by atoms with Crippen LogP contribution in [0.5, 0.6) is 0 Å². The Hall–Kier alpha value is -2.29. The molecule has 0 aliphatic heterocycles. The topological polar surface area (TPSA) is 29.5 Å². The van der Waals surface area contributed by atoms with Crippen molar-refractivity contribution in [3.05, 3.63) is 66.2 Å². The van der Waals surface area contributed by atoms with Crippen LogP contribution in [0.3, 0.4) is 0 Å². The minimum absolute atomic E-state index is 0.192. The lowest BCUT2D eigenvalue weighted by Crippen LogP contribution is -2.37. The Balaban J connectivity index is 2.43. The monoisotopic (exact) mass is 283 g/mol. The van der Waals surface area contributed by atoms with Crippen LogP contribution in [0.2, 0.25) is 0 Å². The number of benzene rings is 2. The third-order valence-electron chi connectivity index (χ3n) is 3.23. The number of ether oxygens (including phenoxy) is 1. The number of rotatable bonds is 5. The van der Waals surface area contributed by atoms with E-state index < -0.39 is 6.23 Å². The maximum atomic E-state index is 11.5. The van der Waals surface area contributed by atoms with Gasteiger partial charge in [-0.05, 0) is 26.0 Å². The summed E-state index contributed by atoms with van der Waals surface area (Å²) in [5.41, 5.74) is 1.99. The van der Waals surface area contributed by atoms with Crippen molar-refractivity contribution >= 4 is 11.7 Å². The summed E-state index contributed by atoms with van der Waals surface area (Å²) in [6.45, 7) is 5.62. The van der Waals surface area contributed by atoms with Gasteiger partial charge in [-0.3, -0.25) is 4.79 Å². The van der Waals surface area contributed by atoms with Gasteiger partial charge in [-0.1, -0.05) is 48.5 Å². The van der Waals surface area contributed by atoms with Gasteiger partial charge in [0.15, 0.2) is 0 Å². The molecule has 0 aliphatic rings. The van der Waals surface area contributed by atoms with Crippen LogP contribution < -0.4 is 4.90 Å². The molecule has 2 aromatic rings. The summed E-state index contributed by atoms with van der Waals surface area (Å²) < 4.78 is 5.60. The molecule has 0 fully saturated rings. The first-order chi connectivity index (χ1) is 10.1. The summed E-state index contributed by atoms with van der Waals surface area (Å²) in [4.78, 5) is 13.6. The first-order valence-corrected chi connectivity index (χ1v) is 7.15. The molecule has 1 atom stereocenters. The summed E-state index contributed by atoms with van der Waals surface area (Å²) in [5, 5.41) is 0. The second-order valence-electron chi connectivity index (χ2n) is 5.21. The van der Waals surface area contributed by atoms with Gasteiger partial charge in [0.25, 0.3) is 0 Å². The highest BCUT2D eigenvalue weighted by atomic mass is 16.6. The maximum absolute atomic E-state index is 11.5. The molecular weight excluding hydrogens is 262 g/mol. The number of hydrogen-bond acceptors (Lipinski definition) is 3. The molecule has 0 saturated heterocycles. The molecule has 0 N–H and O–H groups in total. The van der Waals surface area contributed by atoms with Crippen LogP contribution >= 0.6 is 0 Å². The largest absolute Gasteiger partial charge is 0.437 e. The van der Waals surface area contributed by atoms with Crippen LogP contribution in [0.1, 0.15) is 32.6 Å². The molecule has 110 valence electrons. The van der Waals surface area contributed by atoms with Crippen molar-refractivity contribution in [1.29, 1.82) is 0 Å². The van der Waals surface area contributed by atoms with Crippen molar-refractivity contribution in [2.75, 3.05) is 4.90 Å². The average molecular weight is 283 g/mol. The van der Waals surface area contributed by atoms with Gasteiger partial charge in [0, 0.05) is 24.2 Å². The molecule has 0 saturated carbocycles. The zero-order valence-electron chi connectivity index (χ0n) is 12.7. The molecular formula is C18H21NO2. The lowest BCUT2D eigenvalue weighted by Gasteiger charge is -2.36. The summed E-state index contributed by atoms with van der Waals surface area (Å²) >= 11 is 0. The summed E-state index contributed by atoms with van der Waals surface area (Å²) in [6, 6.07) is 20.0. The van der Waals surface area contributed by atoms with E-state index in [4.69, 9.17) is 4.74 Å². The van der Waals surface area contributed by atoms with Crippen LogP contribution in [-0.4, -0.2) is 12.0 Å². The molecule has 2 aromatic carbocycles. The molecule has 0 spiro atoms. The van der Waals surface area contributed by atoms with Crippen molar-refractivity contribution < 1.29 is 9.53 Å². The summed E-state index contributed by atoms with van der Waals surface area (Å²) in [5.74, 6) is -0.287. The van der Waals surface area contributed by atoms with Gasteiger partial charge in [-0.25, -0.2) is 0 Å². The van der Waals surface area contributed by atoms with Crippen molar-refractivity contribution in [1.82, 2.24) is 0 Å². The quantitative estimate of drug-likeness (QED) is 0.609. The van der Waals surface area contributed by atoms with E-state index in [1.165, 1.54) is 6.92 Å². The Morgan fingerprint density at radius 1 is 0.952 bits per heavy atom. The Morgan fingerprint density at radius 2 is 1.48 bits per heavy atom. The van der Waals surface area contributed by atoms with Gasteiger partial charge in [0.2, 0.25) is 6.23 Å². The van der Waals surface area contributed by atoms with E-state index in [0.717, 1.165) is 11.3 Å². The smallest absolute Gasteiger partial charge is 0.304 e. The van der Waals surface area contributed by atoms with E-state index >= 15 is 0 Å². The SMILES string of the molecule is CC(=O)OC(c1ccccc1)N(c1ccccc1)C(C)C. The lowest BCUT2D eigenvalue weighted by molar-refractivity contribution is -0.147. The number of nitrogens with zero attached hydrogens (tertiary/aromatic N) is 1. The van der Waals surface area contributed by atoms with Gasteiger partial charge < -0.3 is 9.64 Å². The molecule has 0 bridgehead atoms. The molecule has 0 heterocycles. The van der Waals surface area contributed by atoms with Crippen molar-refractivity contribution in [3.63, 3.8) is 0 Å². The number of carbonyl (C=O) groups is 1. The Labute approximate surface area is 126 Å². The van der Waals surface area contributed by atoms with Crippen LogP contribution in [0.25, 0.3) is 0 Å². The van der Waals surface area contributed by atoms with Gasteiger partial charge in [-0.2, -0.15) is 0 Å². The van der Waals surface area contributed by atoms with E-state index in [1.54, 1.807) is 0 Å². The Kier molecular flexibility index (Phi) is 4.99. The number of esters is 1. The van der Waals surface area contributed by atoms with Crippen LogP contribution in [0.15, 0.2) is 60.7 Å². The molecule has 0 aromatic heterocycles. The minimum Gasteiger partial charge on any atom is -0.437 e. The maximum Gasteiger partial charge on any atom is 0.304 e. The third-order valence-corrected chi connectivity index (χ3v) is 3.23. The van der Waals surface area contributed by atoms with Crippen LogP contribution in [0.4, 0.5) is 5.69 Å². The number of carbonyl (C=O) groups excluding carboxylic acids is 1. The van der Waals surface area contributed by atoms with Crippen LogP contribution in [-0.2, 0) is 9.53 Å². The Morgan fingerprint density at radius 3 is 1.95 bits per heavy atom. The first kappa shape index (κ1) is 15.1. The normalized spacial score (nSPS) is 12.0. The van der Waals surface area contributed by atoms with E-state index in [-0.39, 0.29) is 12.0 Å². The summed E-state index contributed by atoms with van der Waals surface area (Å²) in [7, 11) is 0. The van der Waals surface area contributed by atoms with Crippen molar-refractivity contribution in [2.45, 2.75) is 33.0 Å². The molecule has 0 aliphatic carbocycles. The third kappa shape index (κ3) is 3.85. The molecule has 0 amide bonds. The van der Waals surface area contributed by atoms with Crippen molar-refractivity contribution in [3.8, 4) is 0 Å². The predicted octanol–water partition coefficient (Wildman–Crippen LogP) is 4.16. The minimum atomic E-state index is -0.425. The van der Waals surface area contributed by atoms with Gasteiger partial charge in [-0.15, -0.1) is 0 Å². The van der Waals surface area contributed by atoms with E-state index in [2.05, 4.69) is 18.7 Å². The highest BCUT2D eigenvalue weighted by molar-refractivity contribution is 5.67. The second kappa shape index (κ2) is 6.93. The fraction of sp³-hybridized carbons (Fsp3) is 0.278. The fourth-order valence-electron chi connectivity index (χ4n) is 2.36. The van der Waals surface area contributed by atoms with Gasteiger partial charge in [0.05, 0.1) is 0 Å². The van der Waals surface area contributed by atoms with E-state index in [1.807, 2.05) is 60.7 Å². The molecule has 3 heteroatoms. The molecule has 2 rings (SSSR count). The van der Waals surface area contributed by atoms with E-state index in [9.17, 15) is 4.79 Å². The highest BCUT2D eigenvalue weighted by Gasteiger charge is 2.25. The fourth-order valence-corrected chi connectivity index (χ4v) is 2.36. The number of para-hydroxylation sites is 1. The molecule has 0 radical (unpaired) electrons. The molecule has 1 unspecified atom stereocenters. The zero-order valence-corrected chi connectivity index (χ0v) is 12.7. The number of anilines is 1. The standard InChI is InChI=1S/C18H21NO2/c1-14(2)19(17-12-8-5-9-13-17)18(21-15(3)20)16-10-6-4-7-11-16/h4-14,18H,1-3H3. The predicted molar refractivity (Wildman–Crippen MR) is 85.0 cm³/mol. The summed E-state index contributed by atoms with van der Waals surface area (Å²) in [6.07, 6.45) is -0.425. The first-order valence-electron chi connectivity index (χ1n) is 7.15. The number of hydrogen-bond donors (Lipinski definition) is 0. The van der Waals surface area contributed by atoms with E-state index in [0.29, 0.717) is 0 Å². The van der Waals surface area contributed by atoms with Gasteiger partial charge >= 0.3 is 5.97 Å².